The number of fused-ring (bicyclic) bond motifs is 1. The predicted molar refractivity (Wildman–Crippen MR) is 36.7 cm³/mol. The molecule has 0 aromatic carbocycles. The molecule has 11 heavy (non-hydrogen) atoms. The predicted octanol–water partition coefficient (Wildman–Crippen LogP) is 0.390. The molecular formula is C6H4FN3O. The fourth-order valence-corrected chi connectivity index (χ4v) is 0.895. The van der Waals surface area contributed by atoms with Gasteiger partial charge in [0.05, 0.1) is 11.7 Å². The average Bonchev–Trinajstić information content (AvgIpc) is 2.27. The Hall–Kier alpha value is -1.65. The zero-order chi connectivity index (χ0) is 7.84. The minimum Gasteiger partial charge on any atom is -0.304 e. The quantitative estimate of drug-likeness (QED) is 0.575. The van der Waals surface area contributed by atoms with Crippen molar-refractivity contribution in [2.75, 3.05) is 0 Å². The summed E-state index contributed by atoms with van der Waals surface area (Å²) < 4.78 is 12.4. The van der Waals surface area contributed by atoms with E-state index in [0.29, 0.717) is 11.2 Å². The van der Waals surface area contributed by atoms with Gasteiger partial charge in [-0.25, -0.2) is 14.2 Å². The number of hydrogen-bond donors (Lipinski definition) is 2. The number of nitrogens with zero attached hydrogens (tertiary/aromatic N) is 1. The van der Waals surface area contributed by atoms with Gasteiger partial charge in [0.25, 0.3) is 0 Å². The topological polar surface area (TPSA) is 61.5 Å². The van der Waals surface area contributed by atoms with Crippen molar-refractivity contribution in [3.63, 3.8) is 0 Å². The lowest BCUT2D eigenvalue weighted by atomic mass is 10.4. The fourth-order valence-electron chi connectivity index (χ4n) is 0.895. The van der Waals surface area contributed by atoms with Crippen LogP contribution in [0, 0.1) is 5.82 Å². The third-order valence-corrected chi connectivity index (χ3v) is 1.33. The summed E-state index contributed by atoms with van der Waals surface area (Å²) in [4.78, 5) is 19.0. The molecule has 0 saturated heterocycles. The SMILES string of the molecule is O=c1[nH]c2cc(F)cnc2[nH]1. The number of aromatic amines is 2. The Bertz CT molecular complexity index is 444. The Morgan fingerprint density at radius 2 is 2.27 bits per heavy atom. The maximum atomic E-state index is 12.4. The van der Waals surface area contributed by atoms with Gasteiger partial charge in [-0.15, -0.1) is 0 Å². The minimum absolute atomic E-state index is 0.372. The molecular weight excluding hydrogens is 149 g/mol. The van der Waals surface area contributed by atoms with Gasteiger partial charge in [-0.3, -0.25) is 4.98 Å². The highest BCUT2D eigenvalue weighted by molar-refractivity contribution is 5.68. The summed E-state index contributed by atoms with van der Waals surface area (Å²) in [5, 5.41) is 0. The monoisotopic (exact) mass is 153 g/mol. The van der Waals surface area contributed by atoms with Crippen LogP contribution in [0.5, 0.6) is 0 Å². The van der Waals surface area contributed by atoms with E-state index in [1.807, 2.05) is 0 Å². The molecule has 2 N–H and O–H groups in total. The smallest absolute Gasteiger partial charge is 0.304 e. The number of imidazole rings is 1. The molecule has 5 heteroatoms. The number of halogens is 1. The molecule has 0 amide bonds. The standard InChI is InChI=1S/C6H4FN3O/c7-3-1-4-5(8-2-3)10-6(11)9-4/h1-2H,(H2,8,9,10,11). The molecule has 0 bridgehead atoms. The maximum Gasteiger partial charge on any atom is 0.325 e. The highest BCUT2D eigenvalue weighted by Gasteiger charge is 1.98. The first-order chi connectivity index (χ1) is 5.25. The second kappa shape index (κ2) is 1.91. The second-order valence-electron chi connectivity index (χ2n) is 2.13. The Morgan fingerprint density at radius 1 is 1.45 bits per heavy atom. The lowest BCUT2D eigenvalue weighted by molar-refractivity contribution is 0.624. The van der Waals surface area contributed by atoms with Crippen molar-refractivity contribution >= 4 is 11.2 Å². The first-order valence-electron chi connectivity index (χ1n) is 2.99. The third-order valence-electron chi connectivity index (χ3n) is 1.33. The highest BCUT2D eigenvalue weighted by atomic mass is 19.1. The molecule has 2 aromatic rings. The van der Waals surface area contributed by atoms with E-state index >= 15 is 0 Å². The molecule has 0 spiro atoms. The van der Waals surface area contributed by atoms with E-state index in [1.165, 1.54) is 6.07 Å². The first kappa shape index (κ1) is 6.09. The number of H-pyrrole nitrogens is 2. The lowest BCUT2D eigenvalue weighted by Crippen LogP contribution is -1.99. The minimum atomic E-state index is -0.465. The van der Waals surface area contributed by atoms with Crippen molar-refractivity contribution in [1.82, 2.24) is 15.0 Å². The van der Waals surface area contributed by atoms with Gasteiger partial charge in [0.2, 0.25) is 0 Å². The summed E-state index contributed by atoms with van der Waals surface area (Å²) in [6.07, 6.45) is 1.05. The highest BCUT2D eigenvalue weighted by Crippen LogP contribution is 2.03. The molecule has 0 aliphatic rings. The Labute approximate surface area is 60.1 Å². The molecule has 2 rings (SSSR count). The molecule has 4 nitrogen and oxygen atoms in total. The van der Waals surface area contributed by atoms with Gasteiger partial charge in [0, 0.05) is 6.07 Å². The fraction of sp³-hybridized carbons (Fsp3) is 0. The Balaban J connectivity index is 2.92. The number of nitrogens with one attached hydrogen (secondary N) is 2. The zero-order valence-corrected chi connectivity index (χ0v) is 5.39. The van der Waals surface area contributed by atoms with Crippen molar-refractivity contribution in [2.45, 2.75) is 0 Å². The summed E-state index contributed by atoms with van der Waals surface area (Å²) in [7, 11) is 0. The van der Waals surface area contributed by atoms with Crippen LogP contribution < -0.4 is 5.69 Å². The lowest BCUT2D eigenvalue weighted by Gasteiger charge is -1.85. The van der Waals surface area contributed by atoms with Crippen LogP contribution in [0.15, 0.2) is 17.1 Å². The molecule has 0 aliphatic carbocycles. The number of hydrogen-bond acceptors (Lipinski definition) is 2. The van der Waals surface area contributed by atoms with E-state index in [4.69, 9.17) is 0 Å². The van der Waals surface area contributed by atoms with Crippen molar-refractivity contribution in [1.29, 1.82) is 0 Å². The summed E-state index contributed by atoms with van der Waals surface area (Å²) in [6.45, 7) is 0. The zero-order valence-electron chi connectivity index (χ0n) is 5.39. The van der Waals surface area contributed by atoms with E-state index in [2.05, 4.69) is 15.0 Å². The normalized spacial score (nSPS) is 10.6. The molecule has 0 unspecified atom stereocenters. The van der Waals surface area contributed by atoms with Crippen LogP contribution in [0.4, 0.5) is 4.39 Å². The Morgan fingerprint density at radius 3 is 3.09 bits per heavy atom. The van der Waals surface area contributed by atoms with Crippen LogP contribution in [0.3, 0.4) is 0 Å². The molecule has 0 aliphatic heterocycles. The molecule has 56 valence electrons. The van der Waals surface area contributed by atoms with Crippen molar-refractivity contribution in [2.24, 2.45) is 0 Å². The van der Waals surface area contributed by atoms with Gasteiger partial charge in [-0.2, -0.15) is 0 Å². The number of aromatic nitrogens is 3. The summed E-state index contributed by atoms with van der Waals surface area (Å²) in [5.74, 6) is -0.465. The average molecular weight is 153 g/mol. The van der Waals surface area contributed by atoms with Crippen LogP contribution in [-0.2, 0) is 0 Å². The van der Waals surface area contributed by atoms with E-state index < -0.39 is 5.82 Å². The summed E-state index contributed by atoms with van der Waals surface area (Å²) >= 11 is 0. The third kappa shape index (κ3) is 0.899. The largest absolute Gasteiger partial charge is 0.325 e. The van der Waals surface area contributed by atoms with Crippen LogP contribution in [0.25, 0.3) is 11.2 Å². The molecule has 0 atom stereocenters. The molecule has 2 heterocycles. The van der Waals surface area contributed by atoms with Crippen LogP contribution in [-0.4, -0.2) is 15.0 Å². The van der Waals surface area contributed by atoms with Crippen molar-refractivity contribution < 1.29 is 4.39 Å². The van der Waals surface area contributed by atoms with Crippen molar-refractivity contribution in [3.05, 3.63) is 28.6 Å². The van der Waals surface area contributed by atoms with Crippen LogP contribution in [0.1, 0.15) is 0 Å². The first-order valence-corrected chi connectivity index (χ1v) is 2.99. The molecule has 2 aromatic heterocycles. The molecule has 0 saturated carbocycles. The van der Waals surface area contributed by atoms with Crippen LogP contribution in [0.2, 0.25) is 0 Å². The van der Waals surface area contributed by atoms with Gasteiger partial charge in [-0.1, -0.05) is 0 Å². The van der Waals surface area contributed by atoms with E-state index in [-0.39, 0.29) is 5.69 Å². The Kier molecular flexibility index (Phi) is 1.06. The number of pyridine rings is 1. The summed E-state index contributed by atoms with van der Waals surface area (Å²) in [6, 6.07) is 1.21. The van der Waals surface area contributed by atoms with Gasteiger partial charge >= 0.3 is 5.69 Å². The van der Waals surface area contributed by atoms with Gasteiger partial charge in [-0.05, 0) is 0 Å². The number of rotatable bonds is 0. The van der Waals surface area contributed by atoms with Gasteiger partial charge in [0.15, 0.2) is 5.65 Å². The van der Waals surface area contributed by atoms with Crippen LogP contribution >= 0.6 is 0 Å². The van der Waals surface area contributed by atoms with E-state index in [1.54, 1.807) is 0 Å². The molecule has 0 fully saturated rings. The molecule has 0 radical (unpaired) electrons. The summed E-state index contributed by atoms with van der Waals surface area (Å²) in [5.41, 5.74) is 0.379. The van der Waals surface area contributed by atoms with Gasteiger partial charge in [0.1, 0.15) is 5.82 Å². The van der Waals surface area contributed by atoms with Crippen molar-refractivity contribution in [3.8, 4) is 0 Å². The van der Waals surface area contributed by atoms with E-state index in [0.717, 1.165) is 6.20 Å². The van der Waals surface area contributed by atoms with E-state index in [9.17, 15) is 9.18 Å². The maximum absolute atomic E-state index is 12.4. The second-order valence-corrected chi connectivity index (χ2v) is 2.13. The van der Waals surface area contributed by atoms with Gasteiger partial charge < -0.3 is 4.98 Å².